The van der Waals surface area contributed by atoms with Crippen LogP contribution < -0.4 is 0 Å². The van der Waals surface area contributed by atoms with Gasteiger partial charge in [0.1, 0.15) is 0 Å². The van der Waals surface area contributed by atoms with Crippen LogP contribution in [0.4, 0.5) is 0 Å². The summed E-state index contributed by atoms with van der Waals surface area (Å²) in [6, 6.07) is 0. The van der Waals surface area contributed by atoms with Crippen molar-refractivity contribution in [2.45, 2.75) is 101 Å². The number of hydrogen-bond donors (Lipinski definition) is 0. The minimum absolute atomic E-state index is 0.226. The molecule has 1 heterocycles. The van der Waals surface area contributed by atoms with Crippen molar-refractivity contribution in [1.29, 1.82) is 0 Å². The van der Waals surface area contributed by atoms with Crippen molar-refractivity contribution in [1.82, 2.24) is 9.55 Å². The van der Waals surface area contributed by atoms with Crippen LogP contribution in [0.25, 0.3) is 0 Å². The van der Waals surface area contributed by atoms with E-state index in [1.165, 1.54) is 89.9 Å². The Hall–Kier alpha value is -0.500. The third kappa shape index (κ3) is 3.29. The van der Waals surface area contributed by atoms with Crippen LogP contribution in [0.2, 0.25) is 0 Å². The Morgan fingerprint density at radius 2 is 1.32 bits per heavy atom. The van der Waals surface area contributed by atoms with E-state index in [4.69, 9.17) is 11.6 Å². The van der Waals surface area contributed by atoms with Crippen molar-refractivity contribution in [3.8, 4) is 0 Å². The van der Waals surface area contributed by atoms with Gasteiger partial charge in [0.15, 0.2) is 0 Å². The van der Waals surface area contributed by atoms with Crippen molar-refractivity contribution in [2.24, 2.45) is 17.8 Å². The molecular weight excluding hydrogens is 328 g/mol. The van der Waals surface area contributed by atoms with E-state index in [0.717, 1.165) is 11.8 Å². The highest BCUT2D eigenvalue weighted by Crippen LogP contribution is 2.55. The molecule has 2 unspecified atom stereocenters. The molecule has 0 spiro atoms. The van der Waals surface area contributed by atoms with Crippen LogP contribution in [0.15, 0.2) is 18.7 Å². The molecule has 2 nitrogen and oxygen atoms in total. The second kappa shape index (κ2) is 8.03. The van der Waals surface area contributed by atoms with Crippen LogP contribution in [-0.4, -0.2) is 14.9 Å². The first-order valence-electron chi connectivity index (χ1n) is 11.0. The third-order valence-corrected chi connectivity index (χ3v) is 8.27. The standard InChI is InChI=1S/C22H35ClN2/c23-21-14-8-7-13-20(21)22(25-16-15-24-17-25,18-9-3-1-4-10-18)19-11-5-2-6-12-19/h15-21H,1-14H2. The highest BCUT2D eigenvalue weighted by Gasteiger charge is 2.54. The van der Waals surface area contributed by atoms with Gasteiger partial charge >= 0.3 is 0 Å². The van der Waals surface area contributed by atoms with Gasteiger partial charge in [-0.2, -0.15) is 0 Å². The topological polar surface area (TPSA) is 17.8 Å². The molecule has 3 aliphatic carbocycles. The molecule has 0 saturated heterocycles. The van der Waals surface area contributed by atoms with Crippen LogP contribution in [0, 0.1) is 17.8 Å². The average molecular weight is 363 g/mol. The first-order chi connectivity index (χ1) is 12.3. The Morgan fingerprint density at radius 3 is 1.84 bits per heavy atom. The predicted molar refractivity (Wildman–Crippen MR) is 105 cm³/mol. The molecular formula is C22H35ClN2. The summed E-state index contributed by atoms with van der Waals surface area (Å²) in [6.07, 6.45) is 25.7. The van der Waals surface area contributed by atoms with Crippen molar-refractivity contribution >= 4 is 11.6 Å². The lowest BCUT2D eigenvalue weighted by molar-refractivity contribution is -0.0333. The summed E-state index contributed by atoms with van der Waals surface area (Å²) in [6.45, 7) is 0. The highest BCUT2D eigenvalue weighted by atomic mass is 35.5. The summed E-state index contributed by atoms with van der Waals surface area (Å²) in [4.78, 5) is 4.52. The van der Waals surface area contributed by atoms with Crippen LogP contribution >= 0.6 is 11.6 Å². The van der Waals surface area contributed by atoms with Crippen LogP contribution in [0.1, 0.15) is 89.9 Å². The van der Waals surface area contributed by atoms with Gasteiger partial charge < -0.3 is 4.57 Å². The molecule has 0 amide bonds. The number of halogens is 1. The van der Waals surface area contributed by atoms with Gasteiger partial charge in [-0.25, -0.2) is 4.98 Å². The molecule has 4 rings (SSSR count). The smallest absolute Gasteiger partial charge is 0.0951 e. The molecule has 0 aliphatic heterocycles. The molecule has 3 aliphatic rings. The Balaban J connectivity index is 1.80. The van der Waals surface area contributed by atoms with Crippen molar-refractivity contribution in [3.05, 3.63) is 18.7 Å². The van der Waals surface area contributed by atoms with E-state index >= 15 is 0 Å². The van der Waals surface area contributed by atoms with Crippen LogP contribution in [0.3, 0.4) is 0 Å². The Bertz CT molecular complexity index is 496. The molecule has 3 fully saturated rings. The van der Waals surface area contributed by atoms with E-state index < -0.39 is 0 Å². The summed E-state index contributed by atoms with van der Waals surface area (Å²) in [5, 5.41) is 0.347. The minimum Gasteiger partial charge on any atom is -0.330 e. The van der Waals surface area contributed by atoms with Gasteiger partial charge in [0.2, 0.25) is 0 Å². The number of nitrogens with zero attached hydrogens (tertiary/aromatic N) is 2. The fraction of sp³-hybridized carbons (Fsp3) is 0.864. The molecule has 0 bridgehead atoms. The first kappa shape index (κ1) is 17.9. The largest absolute Gasteiger partial charge is 0.330 e. The van der Waals surface area contributed by atoms with E-state index in [1.807, 2.05) is 6.20 Å². The monoisotopic (exact) mass is 362 g/mol. The fourth-order valence-electron chi connectivity index (χ4n) is 6.78. The molecule has 0 radical (unpaired) electrons. The van der Waals surface area contributed by atoms with Gasteiger partial charge in [0, 0.05) is 17.8 Å². The minimum atomic E-state index is 0.226. The zero-order valence-corrected chi connectivity index (χ0v) is 16.5. The van der Waals surface area contributed by atoms with Crippen molar-refractivity contribution in [2.75, 3.05) is 0 Å². The van der Waals surface area contributed by atoms with E-state index in [0.29, 0.717) is 11.3 Å². The molecule has 0 N–H and O–H groups in total. The van der Waals surface area contributed by atoms with Crippen molar-refractivity contribution in [3.63, 3.8) is 0 Å². The zero-order valence-electron chi connectivity index (χ0n) is 15.7. The summed E-state index contributed by atoms with van der Waals surface area (Å²) in [5.74, 6) is 2.22. The number of rotatable bonds is 4. The quantitative estimate of drug-likeness (QED) is 0.556. The molecule has 0 aromatic carbocycles. The normalized spacial score (nSPS) is 30.4. The van der Waals surface area contributed by atoms with Gasteiger partial charge in [-0.05, 0) is 56.3 Å². The van der Waals surface area contributed by atoms with E-state index in [2.05, 4.69) is 22.1 Å². The summed E-state index contributed by atoms with van der Waals surface area (Å²) < 4.78 is 2.57. The molecule has 3 saturated carbocycles. The predicted octanol–water partition coefficient (Wildman–Crippen LogP) is 6.54. The van der Waals surface area contributed by atoms with Gasteiger partial charge in [-0.15, -0.1) is 11.6 Å². The number of hydrogen-bond acceptors (Lipinski definition) is 1. The maximum atomic E-state index is 7.09. The van der Waals surface area contributed by atoms with Gasteiger partial charge in [0.25, 0.3) is 0 Å². The van der Waals surface area contributed by atoms with Crippen molar-refractivity contribution < 1.29 is 0 Å². The van der Waals surface area contributed by atoms with E-state index in [9.17, 15) is 0 Å². The molecule has 25 heavy (non-hydrogen) atoms. The Morgan fingerprint density at radius 1 is 0.760 bits per heavy atom. The van der Waals surface area contributed by atoms with Crippen LogP contribution in [-0.2, 0) is 5.54 Å². The van der Waals surface area contributed by atoms with E-state index in [1.54, 1.807) is 0 Å². The van der Waals surface area contributed by atoms with Gasteiger partial charge in [-0.1, -0.05) is 51.4 Å². The SMILES string of the molecule is ClC1CCCCC1C(C1CCCCC1)(C1CCCCC1)n1ccnc1. The van der Waals surface area contributed by atoms with Gasteiger partial charge in [0.05, 0.1) is 11.9 Å². The summed E-state index contributed by atoms with van der Waals surface area (Å²) in [7, 11) is 0. The maximum Gasteiger partial charge on any atom is 0.0951 e. The molecule has 2 atom stereocenters. The lowest BCUT2D eigenvalue weighted by atomic mass is 9.56. The van der Waals surface area contributed by atoms with E-state index in [-0.39, 0.29) is 5.54 Å². The zero-order chi connectivity index (χ0) is 17.1. The second-order valence-corrected chi connectivity index (χ2v) is 9.49. The highest BCUT2D eigenvalue weighted by molar-refractivity contribution is 6.20. The average Bonchev–Trinajstić information content (AvgIpc) is 3.21. The third-order valence-electron chi connectivity index (χ3n) is 7.75. The molecule has 140 valence electrons. The lowest BCUT2D eigenvalue weighted by Crippen LogP contribution is -2.57. The Labute approximate surface area is 158 Å². The molecule has 1 aromatic heterocycles. The number of alkyl halides is 1. The number of imidazole rings is 1. The lowest BCUT2D eigenvalue weighted by Gasteiger charge is -2.56. The molecule has 1 aromatic rings. The summed E-state index contributed by atoms with van der Waals surface area (Å²) in [5.41, 5.74) is 0.226. The maximum absolute atomic E-state index is 7.09. The summed E-state index contributed by atoms with van der Waals surface area (Å²) >= 11 is 7.09. The molecule has 3 heteroatoms. The fourth-order valence-corrected chi connectivity index (χ4v) is 7.26. The van der Waals surface area contributed by atoms with Gasteiger partial charge in [-0.3, -0.25) is 0 Å². The number of aromatic nitrogens is 2. The first-order valence-corrected chi connectivity index (χ1v) is 11.4. The second-order valence-electron chi connectivity index (χ2n) is 8.93. The van der Waals surface area contributed by atoms with Crippen LogP contribution in [0.5, 0.6) is 0 Å². The Kier molecular flexibility index (Phi) is 5.74.